The molecule has 1 aliphatic rings. The van der Waals surface area contributed by atoms with Crippen molar-refractivity contribution in [1.82, 2.24) is 9.88 Å². The van der Waals surface area contributed by atoms with Gasteiger partial charge in [-0.25, -0.2) is 0 Å². The SMILES string of the molecule is CC(=O)N1CCc2[nH]c3ccc(C)cc3c2CC1. The molecule has 0 saturated heterocycles. The Balaban J connectivity index is 2.03. The van der Waals surface area contributed by atoms with E-state index in [-0.39, 0.29) is 5.91 Å². The van der Waals surface area contributed by atoms with Crippen LogP contribution >= 0.6 is 0 Å². The predicted octanol–water partition coefficient (Wildman–Crippen LogP) is 2.42. The number of carbonyl (C=O) groups excluding carboxylic acids is 1. The number of carbonyl (C=O) groups is 1. The van der Waals surface area contributed by atoms with Crippen LogP contribution in [0.1, 0.15) is 23.7 Å². The number of aryl methyl sites for hydroxylation is 1. The summed E-state index contributed by atoms with van der Waals surface area (Å²) >= 11 is 0. The van der Waals surface area contributed by atoms with Crippen molar-refractivity contribution in [3.05, 3.63) is 35.0 Å². The molecular weight excluding hydrogens is 224 g/mol. The Morgan fingerprint density at radius 2 is 2.06 bits per heavy atom. The number of aromatic nitrogens is 1. The lowest BCUT2D eigenvalue weighted by Crippen LogP contribution is -2.31. The second-order valence-corrected chi connectivity index (χ2v) is 5.14. The first-order valence-electron chi connectivity index (χ1n) is 6.51. The van der Waals surface area contributed by atoms with E-state index in [0.717, 1.165) is 25.9 Å². The number of H-pyrrole nitrogens is 1. The Morgan fingerprint density at radius 3 is 2.83 bits per heavy atom. The van der Waals surface area contributed by atoms with E-state index < -0.39 is 0 Å². The largest absolute Gasteiger partial charge is 0.358 e. The molecule has 3 nitrogen and oxygen atoms in total. The van der Waals surface area contributed by atoms with Crippen molar-refractivity contribution in [2.45, 2.75) is 26.7 Å². The number of fused-ring (bicyclic) bond motifs is 3. The van der Waals surface area contributed by atoms with Crippen LogP contribution in [-0.2, 0) is 17.6 Å². The maximum atomic E-state index is 11.5. The van der Waals surface area contributed by atoms with Crippen LogP contribution < -0.4 is 0 Å². The van der Waals surface area contributed by atoms with E-state index >= 15 is 0 Å². The summed E-state index contributed by atoms with van der Waals surface area (Å²) in [5.41, 5.74) is 5.22. The number of aromatic amines is 1. The second-order valence-electron chi connectivity index (χ2n) is 5.14. The normalized spacial score (nSPS) is 15.6. The van der Waals surface area contributed by atoms with E-state index in [2.05, 4.69) is 30.1 Å². The van der Waals surface area contributed by atoms with Gasteiger partial charge < -0.3 is 9.88 Å². The molecule has 0 fully saturated rings. The van der Waals surface area contributed by atoms with Crippen LogP contribution in [0.4, 0.5) is 0 Å². The molecule has 18 heavy (non-hydrogen) atoms. The quantitative estimate of drug-likeness (QED) is 0.756. The van der Waals surface area contributed by atoms with Crippen LogP contribution in [0.5, 0.6) is 0 Å². The summed E-state index contributed by atoms with van der Waals surface area (Å²) in [6, 6.07) is 6.54. The zero-order valence-corrected chi connectivity index (χ0v) is 10.9. The molecule has 2 heterocycles. The van der Waals surface area contributed by atoms with Gasteiger partial charge in [-0.1, -0.05) is 11.6 Å². The summed E-state index contributed by atoms with van der Waals surface area (Å²) in [4.78, 5) is 16.9. The highest BCUT2D eigenvalue weighted by Crippen LogP contribution is 2.26. The Hall–Kier alpha value is -1.77. The highest BCUT2D eigenvalue weighted by Gasteiger charge is 2.19. The van der Waals surface area contributed by atoms with Crippen LogP contribution in [0.15, 0.2) is 18.2 Å². The molecule has 0 spiro atoms. The van der Waals surface area contributed by atoms with Crippen LogP contribution in [0.3, 0.4) is 0 Å². The van der Waals surface area contributed by atoms with Crippen molar-refractivity contribution in [2.24, 2.45) is 0 Å². The number of amides is 1. The van der Waals surface area contributed by atoms with E-state index in [1.807, 2.05) is 4.90 Å². The minimum Gasteiger partial charge on any atom is -0.358 e. The fourth-order valence-electron chi connectivity index (χ4n) is 2.84. The van der Waals surface area contributed by atoms with Crippen LogP contribution in [0, 0.1) is 6.92 Å². The molecule has 1 N–H and O–H groups in total. The number of hydrogen-bond acceptors (Lipinski definition) is 1. The van der Waals surface area contributed by atoms with E-state index in [4.69, 9.17) is 0 Å². The number of nitrogens with one attached hydrogen (secondary N) is 1. The van der Waals surface area contributed by atoms with Crippen molar-refractivity contribution in [2.75, 3.05) is 13.1 Å². The average molecular weight is 242 g/mol. The molecule has 0 bridgehead atoms. The van der Waals surface area contributed by atoms with Crippen molar-refractivity contribution in [3.8, 4) is 0 Å². The fourth-order valence-corrected chi connectivity index (χ4v) is 2.84. The van der Waals surface area contributed by atoms with Crippen molar-refractivity contribution >= 4 is 16.8 Å². The van der Waals surface area contributed by atoms with Gasteiger partial charge in [-0.3, -0.25) is 4.79 Å². The first-order chi connectivity index (χ1) is 8.65. The van der Waals surface area contributed by atoms with Gasteiger partial charge in [0, 0.05) is 43.0 Å². The van der Waals surface area contributed by atoms with Crippen LogP contribution in [-0.4, -0.2) is 28.9 Å². The number of rotatable bonds is 0. The van der Waals surface area contributed by atoms with Gasteiger partial charge >= 0.3 is 0 Å². The summed E-state index contributed by atoms with van der Waals surface area (Å²) in [7, 11) is 0. The second kappa shape index (κ2) is 4.16. The predicted molar refractivity (Wildman–Crippen MR) is 72.7 cm³/mol. The Labute approximate surface area is 107 Å². The molecule has 1 aliphatic heterocycles. The van der Waals surface area contributed by atoms with Gasteiger partial charge in [-0.05, 0) is 31.0 Å². The van der Waals surface area contributed by atoms with Crippen molar-refractivity contribution in [1.29, 1.82) is 0 Å². The zero-order chi connectivity index (χ0) is 12.7. The maximum absolute atomic E-state index is 11.5. The molecular formula is C15H18N2O. The molecule has 0 saturated carbocycles. The van der Waals surface area contributed by atoms with Gasteiger partial charge in [-0.15, -0.1) is 0 Å². The van der Waals surface area contributed by atoms with Gasteiger partial charge in [0.05, 0.1) is 0 Å². The molecule has 1 aromatic carbocycles. The van der Waals surface area contributed by atoms with Crippen LogP contribution in [0.25, 0.3) is 10.9 Å². The topological polar surface area (TPSA) is 36.1 Å². The number of nitrogens with zero attached hydrogens (tertiary/aromatic N) is 1. The highest BCUT2D eigenvalue weighted by atomic mass is 16.2. The maximum Gasteiger partial charge on any atom is 0.219 e. The molecule has 0 aliphatic carbocycles. The third kappa shape index (κ3) is 1.80. The molecule has 3 rings (SSSR count). The molecule has 94 valence electrons. The van der Waals surface area contributed by atoms with E-state index in [1.54, 1.807) is 6.92 Å². The van der Waals surface area contributed by atoms with E-state index in [9.17, 15) is 4.79 Å². The lowest BCUT2D eigenvalue weighted by Gasteiger charge is -2.17. The minimum absolute atomic E-state index is 0.181. The summed E-state index contributed by atoms with van der Waals surface area (Å²) in [5.74, 6) is 0.181. The zero-order valence-electron chi connectivity index (χ0n) is 10.9. The summed E-state index contributed by atoms with van der Waals surface area (Å²) in [6.07, 6.45) is 1.89. The summed E-state index contributed by atoms with van der Waals surface area (Å²) in [6.45, 7) is 5.44. The van der Waals surface area contributed by atoms with Gasteiger partial charge in [0.15, 0.2) is 0 Å². The van der Waals surface area contributed by atoms with Crippen molar-refractivity contribution in [3.63, 3.8) is 0 Å². The Morgan fingerprint density at radius 1 is 1.28 bits per heavy atom. The van der Waals surface area contributed by atoms with E-state index in [1.165, 1.54) is 27.7 Å². The lowest BCUT2D eigenvalue weighted by molar-refractivity contribution is -0.128. The third-order valence-corrected chi connectivity index (χ3v) is 3.86. The molecule has 3 heteroatoms. The first-order valence-corrected chi connectivity index (χ1v) is 6.51. The molecule has 1 aromatic heterocycles. The van der Waals surface area contributed by atoms with E-state index in [0.29, 0.717) is 0 Å². The lowest BCUT2D eigenvalue weighted by atomic mass is 10.1. The first kappa shape index (κ1) is 11.3. The van der Waals surface area contributed by atoms with Gasteiger partial charge in [0.2, 0.25) is 5.91 Å². The Kier molecular flexibility index (Phi) is 2.62. The standard InChI is InChI=1S/C15H18N2O/c1-10-3-4-14-13(9-10)12-5-7-17(11(2)18)8-6-15(12)16-14/h3-4,9,16H,5-8H2,1-2H3. The highest BCUT2D eigenvalue weighted by molar-refractivity contribution is 5.85. The summed E-state index contributed by atoms with van der Waals surface area (Å²) in [5, 5.41) is 1.33. The summed E-state index contributed by atoms with van der Waals surface area (Å²) < 4.78 is 0. The Bertz CT molecular complexity index is 612. The van der Waals surface area contributed by atoms with Crippen molar-refractivity contribution < 1.29 is 4.79 Å². The smallest absolute Gasteiger partial charge is 0.219 e. The molecule has 0 atom stereocenters. The average Bonchev–Trinajstić information content (AvgIpc) is 2.54. The fraction of sp³-hybridized carbons (Fsp3) is 0.400. The minimum atomic E-state index is 0.181. The third-order valence-electron chi connectivity index (χ3n) is 3.86. The molecule has 2 aromatic rings. The molecule has 1 amide bonds. The molecule has 0 radical (unpaired) electrons. The monoisotopic (exact) mass is 242 g/mol. The van der Waals surface area contributed by atoms with Gasteiger partial charge in [0.1, 0.15) is 0 Å². The van der Waals surface area contributed by atoms with Crippen LogP contribution in [0.2, 0.25) is 0 Å². The number of hydrogen-bond donors (Lipinski definition) is 1. The van der Waals surface area contributed by atoms with Gasteiger partial charge in [0.25, 0.3) is 0 Å². The molecule has 0 unspecified atom stereocenters. The number of benzene rings is 1. The van der Waals surface area contributed by atoms with Gasteiger partial charge in [-0.2, -0.15) is 0 Å².